The summed E-state index contributed by atoms with van der Waals surface area (Å²) in [6.45, 7) is 3.74. The fourth-order valence-electron chi connectivity index (χ4n) is 2.23. The molecule has 1 aliphatic heterocycles. The van der Waals surface area contributed by atoms with Crippen LogP contribution < -0.4 is 9.47 Å². The second kappa shape index (κ2) is 5.86. The zero-order valence-electron chi connectivity index (χ0n) is 13.0. The summed E-state index contributed by atoms with van der Waals surface area (Å²) >= 11 is 0. The first kappa shape index (κ1) is 15.8. The maximum absolute atomic E-state index is 12.3. The number of benzene rings is 2. The van der Waals surface area contributed by atoms with Gasteiger partial charge < -0.3 is 9.47 Å². The molecule has 0 spiro atoms. The summed E-state index contributed by atoms with van der Waals surface area (Å²) in [6, 6.07) is 13.8. The molecular weight excluding hydrogens is 316 g/mol. The number of fused-ring (bicyclic) bond motifs is 1. The van der Waals surface area contributed by atoms with Crippen LogP contribution in [0.2, 0.25) is 0 Å². The van der Waals surface area contributed by atoms with E-state index >= 15 is 0 Å². The van der Waals surface area contributed by atoms with Gasteiger partial charge in [0.1, 0.15) is 13.2 Å². The monoisotopic (exact) mass is 334 g/mol. The van der Waals surface area contributed by atoms with Crippen LogP contribution in [-0.4, -0.2) is 27.2 Å². The Bertz CT molecular complexity index is 798. The van der Waals surface area contributed by atoms with Gasteiger partial charge in [-0.2, -0.15) is 8.42 Å². The van der Waals surface area contributed by atoms with Gasteiger partial charge in [-0.05, 0) is 38.1 Å². The maximum atomic E-state index is 12.3. The fraction of sp³-hybridized carbons (Fsp3) is 0.294. The van der Waals surface area contributed by atoms with E-state index in [1.165, 1.54) is 12.1 Å². The van der Waals surface area contributed by atoms with Crippen LogP contribution >= 0.6 is 0 Å². The highest BCUT2D eigenvalue weighted by molar-refractivity contribution is 7.86. The highest BCUT2D eigenvalue weighted by Crippen LogP contribution is 2.35. The molecule has 1 aliphatic rings. The Kier molecular flexibility index (Phi) is 4.04. The normalized spacial score (nSPS) is 20.3. The Labute approximate surface area is 135 Å². The van der Waals surface area contributed by atoms with Crippen LogP contribution in [0.5, 0.6) is 11.5 Å². The first-order valence-corrected chi connectivity index (χ1v) is 8.66. The highest BCUT2D eigenvalue weighted by Gasteiger charge is 2.35. The van der Waals surface area contributed by atoms with Crippen LogP contribution in [0, 0.1) is 6.92 Å². The Balaban J connectivity index is 1.71. The van der Waals surface area contributed by atoms with Crippen LogP contribution in [0.4, 0.5) is 0 Å². The predicted octanol–water partition coefficient (Wildman–Crippen LogP) is 2.93. The van der Waals surface area contributed by atoms with E-state index in [-0.39, 0.29) is 18.1 Å². The Morgan fingerprint density at radius 1 is 1.09 bits per heavy atom. The third-order valence-electron chi connectivity index (χ3n) is 3.57. The number of ether oxygens (including phenoxy) is 2. The lowest BCUT2D eigenvalue weighted by Crippen LogP contribution is -2.46. The van der Waals surface area contributed by atoms with Crippen molar-refractivity contribution in [1.82, 2.24) is 0 Å². The van der Waals surface area contributed by atoms with Gasteiger partial charge in [-0.1, -0.05) is 29.8 Å². The molecule has 0 amide bonds. The van der Waals surface area contributed by atoms with E-state index in [1.807, 2.05) is 19.1 Å². The molecule has 5 nitrogen and oxygen atoms in total. The zero-order chi connectivity index (χ0) is 16.5. The topological polar surface area (TPSA) is 61.8 Å². The van der Waals surface area contributed by atoms with Gasteiger partial charge in [-0.15, -0.1) is 0 Å². The van der Waals surface area contributed by atoms with Crippen LogP contribution in [0.3, 0.4) is 0 Å². The van der Waals surface area contributed by atoms with Crippen molar-refractivity contribution in [1.29, 1.82) is 0 Å². The lowest BCUT2D eigenvalue weighted by Gasteiger charge is -2.34. The molecule has 0 saturated heterocycles. The molecule has 0 fully saturated rings. The molecule has 1 heterocycles. The van der Waals surface area contributed by atoms with Crippen LogP contribution in [0.1, 0.15) is 12.5 Å². The summed E-state index contributed by atoms with van der Waals surface area (Å²) in [5.41, 5.74) is 0.114. The number of hydrogen-bond acceptors (Lipinski definition) is 5. The van der Waals surface area contributed by atoms with Gasteiger partial charge in [0, 0.05) is 0 Å². The number of aryl methyl sites for hydroxylation is 1. The van der Waals surface area contributed by atoms with Gasteiger partial charge >= 0.3 is 0 Å². The van der Waals surface area contributed by atoms with Gasteiger partial charge in [0.25, 0.3) is 10.1 Å². The van der Waals surface area contributed by atoms with Crippen molar-refractivity contribution in [3.63, 3.8) is 0 Å². The molecule has 23 heavy (non-hydrogen) atoms. The van der Waals surface area contributed by atoms with Gasteiger partial charge in [0.05, 0.1) is 4.90 Å². The van der Waals surface area contributed by atoms with Crippen molar-refractivity contribution in [3.8, 4) is 11.5 Å². The van der Waals surface area contributed by atoms with Crippen molar-refractivity contribution in [2.75, 3.05) is 13.2 Å². The molecule has 6 heteroatoms. The minimum Gasteiger partial charge on any atom is -0.485 e. The second-order valence-electron chi connectivity index (χ2n) is 5.82. The van der Waals surface area contributed by atoms with Gasteiger partial charge in [-0.3, -0.25) is 4.18 Å². The fourth-order valence-corrected chi connectivity index (χ4v) is 3.24. The van der Waals surface area contributed by atoms with Crippen molar-refractivity contribution in [3.05, 3.63) is 54.1 Å². The summed E-state index contributed by atoms with van der Waals surface area (Å²) in [5, 5.41) is 0. The Morgan fingerprint density at radius 2 is 1.74 bits per heavy atom. The third kappa shape index (κ3) is 3.48. The van der Waals surface area contributed by atoms with Crippen LogP contribution in [-0.2, 0) is 14.3 Å². The van der Waals surface area contributed by atoms with E-state index < -0.39 is 15.7 Å². The zero-order valence-corrected chi connectivity index (χ0v) is 13.8. The molecule has 0 bridgehead atoms. The molecule has 0 aromatic heterocycles. The van der Waals surface area contributed by atoms with E-state index in [1.54, 1.807) is 31.2 Å². The predicted molar refractivity (Wildman–Crippen MR) is 85.3 cm³/mol. The van der Waals surface area contributed by atoms with Crippen molar-refractivity contribution >= 4 is 10.1 Å². The molecule has 0 N–H and O–H groups in total. The van der Waals surface area contributed by atoms with Crippen LogP contribution in [0.15, 0.2) is 53.4 Å². The Morgan fingerprint density at radius 3 is 2.43 bits per heavy atom. The maximum Gasteiger partial charge on any atom is 0.297 e. The van der Waals surface area contributed by atoms with E-state index in [2.05, 4.69) is 0 Å². The van der Waals surface area contributed by atoms with E-state index in [4.69, 9.17) is 13.7 Å². The average Bonchev–Trinajstić information content (AvgIpc) is 2.54. The first-order chi connectivity index (χ1) is 10.9. The van der Waals surface area contributed by atoms with Crippen molar-refractivity contribution < 1.29 is 22.1 Å². The number of para-hydroxylation sites is 2. The molecule has 1 atom stereocenters. The smallest absolute Gasteiger partial charge is 0.297 e. The SMILES string of the molecule is Cc1ccc(S(=O)(=O)OC[C@@]2(C)COc3ccccc3O2)cc1. The highest BCUT2D eigenvalue weighted by atomic mass is 32.2. The molecule has 0 saturated carbocycles. The summed E-state index contributed by atoms with van der Waals surface area (Å²) in [6.07, 6.45) is 0. The second-order valence-corrected chi connectivity index (χ2v) is 7.43. The lowest BCUT2D eigenvalue weighted by molar-refractivity contribution is -0.0249. The minimum atomic E-state index is -3.83. The number of rotatable bonds is 4. The molecule has 0 unspecified atom stereocenters. The van der Waals surface area contributed by atoms with Gasteiger partial charge in [0.2, 0.25) is 0 Å². The molecule has 0 aliphatic carbocycles. The largest absolute Gasteiger partial charge is 0.485 e. The van der Waals surface area contributed by atoms with E-state index in [0.717, 1.165) is 5.56 Å². The molecular formula is C17H18O5S. The van der Waals surface area contributed by atoms with E-state index in [9.17, 15) is 8.42 Å². The quantitative estimate of drug-likeness (QED) is 0.805. The summed E-state index contributed by atoms with van der Waals surface area (Å²) in [7, 11) is -3.83. The number of hydrogen-bond donors (Lipinski definition) is 0. The first-order valence-electron chi connectivity index (χ1n) is 7.25. The standard InChI is InChI=1S/C17H18O5S/c1-13-7-9-14(10-8-13)23(18,19)21-12-17(2)11-20-15-5-3-4-6-16(15)22-17/h3-10H,11-12H2,1-2H3/t17-/m1/s1. The molecule has 122 valence electrons. The molecule has 2 aromatic carbocycles. The molecule has 3 rings (SSSR count). The van der Waals surface area contributed by atoms with Crippen molar-refractivity contribution in [2.45, 2.75) is 24.3 Å². The lowest BCUT2D eigenvalue weighted by atomic mass is 10.1. The van der Waals surface area contributed by atoms with Gasteiger partial charge in [-0.25, -0.2) is 0 Å². The Hall–Kier alpha value is -2.05. The summed E-state index contributed by atoms with van der Waals surface area (Å²) in [5.74, 6) is 1.23. The minimum absolute atomic E-state index is 0.127. The molecule has 2 aromatic rings. The van der Waals surface area contributed by atoms with Crippen LogP contribution in [0.25, 0.3) is 0 Å². The van der Waals surface area contributed by atoms with E-state index in [0.29, 0.717) is 11.5 Å². The molecule has 0 radical (unpaired) electrons. The third-order valence-corrected chi connectivity index (χ3v) is 4.85. The average molecular weight is 334 g/mol. The van der Waals surface area contributed by atoms with Gasteiger partial charge in [0.15, 0.2) is 17.1 Å². The van der Waals surface area contributed by atoms with Crippen molar-refractivity contribution in [2.24, 2.45) is 0 Å². The summed E-state index contributed by atoms with van der Waals surface area (Å²) < 4.78 is 41.2. The summed E-state index contributed by atoms with van der Waals surface area (Å²) in [4.78, 5) is 0.129.